The monoisotopic (exact) mass is 330 g/mol. The van der Waals surface area contributed by atoms with E-state index in [1.54, 1.807) is 6.07 Å². The minimum atomic E-state index is -0.845. The molecule has 1 aromatic rings. The van der Waals surface area contributed by atoms with E-state index in [4.69, 9.17) is 20.3 Å². The number of carbonyl (C=O) groups is 2. The van der Waals surface area contributed by atoms with Crippen molar-refractivity contribution in [2.75, 3.05) is 14.2 Å². The molecule has 24 heavy (non-hydrogen) atoms. The summed E-state index contributed by atoms with van der Waals surface area (Å²) in [5, 5.41) is 12.4. The Labute approximate surface area is 137 Å². The van der Waals surface area contributed by atoms with E-state index in [0.717, 1.165) is 14.0 Å². The average Bonchev–Trinajstić information content (AvgIpc) is 2.57. The van der Waals surface area contributed by atoms with Crippen LogP contribution in [0.1, 0.15) is 18.9 Å². The van der Waals surface area contributed by atoms with E-state index in [1.807, 2.05) is 0 Å². The standard InChI is InChI=1S/C15H14N4O5/c1-9(20)24-14(11(6-7-16)15(21)23-3)12-8-10(22-2)4-5-13(12)18-19-17/h4-5,8H,6H2,1-3H3/b14-11-. The highest BCUT2D eigenvalue weighted by atomic mass is 16.5. The molecule has 0 saturated heterocycles. The third-order valence-corrected chi connectivity index (χ3v) is 2.81. The van der Waals surface area contributed by atoms with Crippen molar-refractivity contribution in [2.24, 2.45) is 5.11 Å². The molecule has 1 aromatic carbocycles. The van der Waals surface area contributed by atoms with Crippen LogP contribution in [-0.2, 0) is 19.1 Å². The van der Waals surface area contributed by atoms with Gasteiger partial charge in [0.15, 0.2) is 0 Å². The first kappa shape index (κ1) is 18.5. The van der Waals surface area contributed by atoms with Gasteiger partial charge in [-0.1, -0.05) is 5.11 Å². The van der Waals surface area contributed by atoms with Crippen LogP contribution in [0.4, 0.5) is 5.69 Å². The first-order valence-corrected chi connectivity index (χ1v) is 6.58. The molecule has 9 nitrogen and oxygen atoms in total. The molecule has 0 heterocycles. The number of nitrogens with zero attached hydrogens (tertiary/aromatic N) is 4. The molecular weight excluding hydrogens is 316 g/mol. The van der Waals surface area contributed by atoms with Crippen LogP contribution in [0.2, 0.25) is 0 Å². The number of hydrogen-bond donors (Lipinski definition) is 0. The van der Waals surface area contributed by atoms with Gasteiger partial charge in [-0.2, -0.15) is 5.26 Å². The lowest BCUT2D eigenvalue weighted by Gasteiger charge is -2.14. The van der Waals surface area contributed by atoms with Crippen molar-refractivity contribution in [3.8, 4) is 11.8 Å². The maximum Gasteiger partial charge on any atom is 0.338 e. The normalized spacial score (nSPS) is 10.6. The van der Waals surface area contributed by atoms with Crippen LogP contribution in [0, 0.1) is 11.3 Å². The second-order valence-corrected chi connectivity index (χ2v) is 4.30. The third-order valence-electron chi connectivity index (χ3n) is 2.81. The number of rotatable bonds is 6. The van der Waals surface area contributed by atoms with Crippen molar-refractivity contribution < 1.29 is 23.8 Å². The largest absolute Gasteiger partial charge is 0.497 e. The highest BCUT2D eigenvalue weighted by Gasteiger charge is 2.23. The Morgan fingerprint density at radius 1 is 1.38 bits per heavy atom. The van der Waals surface area contributed by atoms with Crippen molar-refractivity contribution in [3.05, 3.63) is 39.8 Å². The fraction of sp³-hybridized carbons (Fsp3) is 0.267. The Balaban J connectivity index is 3.78. The van der Waals surface area contributed by atoms with Gasteiger partial charge in [-0.25, -0.2) is 4.79 Å². The number of ether oxygens (including phenoxy) is 3. The second-order valence-electron chi connectivity index (χ2n) is 4.30. The molecule has 0 unspecified atom stereocenters. The zero-order chi connectivity index (χ0) is 18.1. The molecule has 0 bridgehead atoms. The summed E-state index contributed by atoms with van der Waals surface area (Å²) in [6.45, 7) is 1.13. The summed E-state index contributed by atoms with van der Waals surface area (Å²) in [5.74, 6) is -1.42. The molecule has 0 aliphatic carbocycles. The van der Waals surface area contributed by atoms with Crippen LogP contribution in [0.3, 0.4) is 0 Å². The van der Waals surface area contributed by atoms with E-state index in [-0.39, 0.29) is 29.0 Å². The first-order valence-electron chi connectivity index (χ1n) is 6.58. The minimum absolute atomic E-state index is 0.0916. The van der Waals surface area contributed by atoms with E-state index in [2.05, 4.69) is 14.8 Å². The lowest BCUT2D eigenvalue weighted by atomic mass is 10.0. The number of hydrogen-bond acceptors (Lipinski definition) is 7. The van der Waals surface area contributed by atoms with Crippen molar-refractivity contribution >= 4 is 23.4 Å². The van der Waals surface area contributed by atoms with Gasteiger partial charge >= 0.3 is 11.9 Å². The van der Waals surface area contributed by atoms with E-state index < -0.39 is 11.9 Å². The smallest absolute Gasteiger partial charge is 0.338 e. The Morgan fingerprint density at radius 2 is 2.08 bits per heavy atom. The molecular formula is C15H14N4O5. The van der Waals surface area contributed by atoms with Gasteiger partial charge in [0.2, 0.25) is 0 Å². The molecule has 0 aromatic heterocycles. The van der Waals surface area contributed by atoms with Gasteiger partial charge in [-0.3, -0.25) is 4.79 Å². The highest BCUT2D eigenvalue weighted by Crippen LogP contribution is 2.34. The van der Waals surface area contributed by atoms with E-state index in [9.17, 15) is 9.59 Å². The lowest BCUT2D eigenvalue weighted by molar-refractivity contribution is -0.136. The molecule has 124 valence electrons. The van der Waals surface area contributed by atoms with Crippen molar-refractivity contribution in [3.63, 3.8) is 0 Å². The minimum Gasteiger partial charge on any atom is -0.497 e. The fourth-order valence-electron chi connectivity index (χ4n) is 1.83. The molecule has 0 fully saturated rings. The predicted molar refractivity (Wildman–Crippen MR) is 82.7 cm³/mol. The topological polar surface area (TPSA) is 134 Å². The van der Waals surface area contributed by atoms with Gasteiger partial charge in [0.1, 0.15) is 11.5 Å². The molecule has 1 rings (SSSR count). The summed E-state index contributed by atoms with van der Waals surface area (Å²) in [5.41, 5.74) is 8.72. The van der Waals surface area contributed by atoms with E-state index in [0.29, 0.717) is 5.75 Å². The lowest BCUT2D eigenvalue weighted by Crippen LogP contribution is -2.11. The van der Waals surface area contributed by atoms with Gasteiger partial charge in [0, 0.05) is 23.1 Å². The quantitative estimate of drug-likeness (QED) is 0.196. The Morgan fingerprint density at radius 3 is 2.58 bits per heavy atom. The summed E-state index contributed by atoms with van der Waals surface area (Å²) in [6.07, 6.45) is -0.373. The summed E-state index contributed by atoms with van der Waals surface area (Å²) in [4.78, 5) is 26.1. The summed E-state index contributed by atoms with van der Waals surface area (Å²) >= 11 is 0. The van der Waals surface area contributed by atoms with Crippen LogP contribution in [0.15, 0.2) is 28.9 Å². The number of carbonyl (C=O) groups excluding carboxylic acids is 2. The van der Waals surface area contributed by atoms with Gasteiger partial charge in [0.05, 0.1) is 32.3 Å². The van der Waals surface area contributed by atoms with Gasteiger partial charge in [0.25, 0.3) is 0 Å². The Bertz CT molecular complexity index is 773. The Kier molecular flexibility index (Phi) is 6.82. The number of azide groups is 1. The van der Waals surface area contributed by atoms with Crippen molar-refractivity contribution in [1.29, 1.82) is 5.26 Å². The van der Waals surface area contributed by atoms with Crippen molar-refractivity contribution in [2.45, 2.75) is 13.3 Å². The molecule has 0 radical (unpaired) electrons. The van der Waals surface area contributed by atoms with E-state index in [1.165, 1.54) is 25.3 Å². The number of methoxy groups -OCH3 is 2. The average molecular weight is 330 g/mol. The number of benzene rings is 1. The van der Waals surface area contributed by atoms with Gasteiger partial charge < -0.3 is 14.2 Å². The molecule has 0 atom stereocenters. The number of nitriles is 1. The zero-order valence-electron chi connectivity index (χ0n) is 13.3. The SMILES string of the molecule is COC(=O)/C(CC#N)=C(\OC(C)=O)c1cc(OC)ccc1N=[N+]=[N-]. The van der Waals surface area contributed by atoms with Crippen molar-refractivity contribution in [1.82, 2.24) is 0 Å². The molecule has 0 aliphatic rings. The second kappa shape index (κ2) is 8.82. The van der Waals surface area contributed by atoms with Crippen LogP contribution >= 0.6 is 0 Å². The molecule has 0 saturated carbocycles. The highest BCUT2D eigenvalue weighted by molar-refractivity contribution is 5.99. The molecule has 9 heteroatoms. The van der Waals surface area contributed by atoms with Gasteiger partial charge in [-0.05, 0) is 23.7 Å². The molecule has 0 spiro atoms. The molecule has 0 aliphatic heterocycles. The van der Waals surface area contributed by atoms with Crippen LogP contribution in [0.5, 0.6) is 5.75 Å². The number of esters is 2. The molecule has 0 N–H and O–H groups in total. The van der Waals surface area contributed by atoms with Crippen LogP contribution in [0.25, 0.3) is 16.2 Å². The van der Waals surface area contributed by atoms with Crippen LogP contribution in [-0.4, -0.2) is 26.2 Å². The first-order chi connectivity index (χ1) is 11.5. The Hall–Kier alpha value is -3.50. The fourth-order valence-corrected chi connectivity index (χ4v) is 1.83. The van der Waals surface area contributed by atoms with E-state index >= 15 is 0 Å². The maximum atomic E-state index is 12.0. The maximum absolute atomic E-state index is 12.0. The third kappa shape index (κ3) is 4.50. The van der Waals surface area contributed by atoms with Gasteiger partial charge in [-0.15, -0.1) is 0 Å². The van der Waals surface area contributed by atoms with Crippen LogP contribution < -0.4 is 4.74 Å². The predicted octanol–water partition coefficient (Wildman–Crippen LogP) is 3.00. The zero-order valence-corrected chi connectivity index (χ0v) is 13.3. The summed E-state index contributed by atoms with van der Waals surface area (Å²) in [6, 6.07) is 6.18. The summed E-state index contributed by atoms with van der Waals surface area (Å²) < 4.78 is 14.8. The summed E-state index contributed by atoms with van der Waals surface area (Å²) in [7, 11) is 2.54. The molecule has 0 amide bonds.